The Morgan fingerprint density at radius 3 is 2.09 bits per heavy atom. The molecule has 3 N–H and O–H groups in total. The summed E-state index contributed by atoms with van der Waals surface area (Å²) in [6.45, 7) is 9.45. The molecule has 0 unspecified atom stereocenters. The van der Waals surface area contributed by atoms with Gasteiger partial charge in [-0.25, -0.2) is 14.5 Å². The Kier molecular flexibility index (Phi) is 27.1. The van der Waals surface area contributed by atoms with Crippen molar-refractivity contribution >= 4 is 40.9 Å². The summed E-state index contributed by atoms with van der Waals surface area (Å²) >= 11 is 1.56. The number of benzene rings is 4. The second-order valence-corrected chi connectivity index (χ2v) is 26.9. The Morgan fingerprint density at radius 1 is 0.714 bits per heavy atom. The zero-order valence-electron chi connectivity index (χ0n) is 57.9. The number of β-amino-alcohol motifs (C(OH)–C–C–N with tert-alkyl or cyclic N) is 1. The molecule has 1 aliphatic carbocycles. The minimum Gasteiger partial charge on any atom is -0.493 e. The number of nitrogens with one attached hydrogen (secondary N) is 2. The number of methoxy groups -OCH3 is 5. The highest BCUT2D eigenvalue weighted by molar-refractivity contribution is 7.13. The molecule has 3 aliphatic rings. The summed E-state index contributed by atoms with van der Waals surface area (Å²) in [7, 11) is 7.87. The van der Waals surface area contributed by atoms with Crippen molar-refractivity contribution in [3.8, 4) is 44.9 Å². The Morgan fingerprint density at radius 2 is 1.41 bits per heavy atom. The van der Waals surface area contributed by atoms with Crippen LogP contribution in [0.4, 0.5) is 0 Å². The first kappa shape index (κ1) is 73.9. The lowest BCUT2D eigenvalue weighted by Crippen LogP contribution is -2.58. The zero-order chi connectivity index (χ0) is 69.7. The maximum atomic E-state index is 15.3. The molecule has 2 aromatic heterocycles. The summed E-state index contributed by atoms with van der Waals surface area (Å²) in [5, 5.41) is 25.0. The number of hydrogen-bond donors (Lipinski definition) is 3. The van der Waals surface area contributed by atoms with Crippen LogP contribution in [0.15, 0.2) is 90.6 Å². The average molecular weight is 1370 g/mol. The monoisotopic (exact) mass is 1370 g/mol. The Bertz CT molecular complexity index is 3560. The molecule has 6 aromatic rings. The number of aliphatic hydroxyl groups excluding tert-OH is 1. The molecule has 25 heteroatoms. The van der Waals surface area contributed by atoms with Crippen LogP contribution in [0, 0.1) is 18.3 Å². The number of amides is 4. The molecule has 4 aromatic carbocycles. The molecule has 0 bridgehead atoms. The van der Waals surface area contributed by atoms with E-state index in [9.17, 15) is 24.3 Å². The third kappa shape index (κ3) is 19.7. The van der Waals surface area contributed by atoms with Crippen molar-refractivity contribution in [3.05, 3.63) is 124 Å². The van der Waals surface area contributed by atoms with Gasteiger partial charge in [-0.1, -0.05) is 87.7 Å². The van der Waals surface area contributed by atoms with Gasteiger partial charge in [0.25, 0.3) is 0 Å². The number of likely N-dealkylation sites (tertiary alicyclic amines) is 2. The maximum Gasteiger partial charge on any atom is 0.329 e. The first-order valence-electron chi connectivity index (χ1n) is 33.8. The molecule has 6 atom stereocenters. The van der Waals surface area contributed by atoms with Gasteiger partial charge in [-0.15, -0.1) is 16.4 Å². The molecule has 0 radical (unpaired) electrons. The Balaban J connectivity index is 0.724. The number of piperidine rings is 1. The van der Waals surface area contributed by atoms with Crippen LogP contribution in [0.3, 0.4) is 0 Å². The summed E-state index contributed by atoms with van der Waals surface area (Å²) in [4.78, 5) is 79.4. The molecule has 530 valence electrons. The fourth-order valence-electron chi connectivity index (χ4n) is 13.1. The SMILES string of the molecule is COc1ccc(CC[C@H](OC(=O)[C@H]2CCCCN2C(=O)[C@H](c2cc(OC)c(OC)c(OC)c2)C2CCCCC2)c2cccc(OCc3cn(CCOCCOCCOCC(=O)N[C@H](C(=O)N4C[C@H](O)C[C@H]4C(=O)NCc4ccc(-c5scnc5C)cc4)C(C)(C)C)nn3)c2)cc1OC. The van der Waals surface area contributed by atoms with Crippen molar-refractivity contribution < 1.29 is 76.4 Å². The van der Waals surface area contributed by atoms with Gasteiger partial charge in [0.2, 0.25) is 29.4 Å². The van der Waals surface area contributed by atoms with E-state index in [-0.39, 0.29) is 70.3 Å². The first-order chi connectivity index (χ1) is 47.4. The van der Waals surface area contributed by atoms with Crippen LogP contribution in [0.5, 0.6) is 34.5 Å². The molecule has 1 saturated carbocycles. The minimum absolute atomic E-state index is 0.0382. The third-order valence-electron chi connectivity index (χ3n) is 18.2. The predicted octanol–water partition coefficient (Wildman–Crippen LogP) is 9.15. The van der Waals surface area contributed by atoms with E-state index < -0.39 is 59.5 Å². The molecular weight excluding hydrogens is 1280 g/mol. The van der Waals surface area contributed by atoms with Crippen LogP contribution in [-0.2, 0) is 69.0 Å². The number of hydrogen-bond acceptors (Lipinski definition) is 20. The lowest BCUT2D eigenvalue weighted by molar-refractivity contribution is -0.163. The highest BCUT2D eigenvalue weighted by Gasteiger charge is 2.45. The Labute approximate surface area is 578 Å². The quantitative estimate of drug-likeness (QED) is 0.0251. The Hall–Kier alpha value is -8.36. The van der Waals surface area contributed by atoms with E-state index in [0.29, 0.717) is 85.8 Å². The van der Waals surface area contributed by atoms with Crippen molar-refractivity contribution in [2.75, 3.05) is 88.3 Å². The second kappa shape index (κ2) is 35.9. The van der Waals surface area contributed by atoms with E-state index in [1.165, 1.54) is 4.90 Å². The van der Waals surface area contributed by atoms with Crippen LogP contribution in [0.1, 0.15) is 131 Å². The normalized spacial score (nSPS) is 17.5. The number of esters is 1. The van der Waals surface area contributed by atoms with Gasteiger partial charge in [-0.3, -0.25) is 19.2 Å². The van der Waals surface area contributed by atoms with Crippen LogP contribution in [-0.4, -0.2) is 177 Å². The zero-order valence-corrected chi connectivity index (χ0v) is 58.7. The van der Waals surface area contributed by atoms with E-state index in [4.69, 9.17) is 47.4 Å². The fourth-order valence-corrected chi connectivity index (χ4v) is 13.9. The van der Waals surface area contributed by atoms with Crippen molar-refractivity contribution in [1.82, 2.24) is 40.4 Å². The van der Waals surface area contributed by atoms with Gasteiger partial charge in [0.15, 0.2) is 23.0 Å². The lowest BCUT2D eigenvalue weighted by atomic mass is 9.75. The number of thiazole rings is 1. The summed E-state index contributed by atoms with van der Waals surface area (Å²) in [5.74, 6) is 0.688. The molecule has 2 aliphatic heterocycles. The standard InChI is InChI=1S/C73H96N8O16S/c1-47-67(98-46-75-47)51-25-21-49(22-26-51)41-74-69(84)58-40-55(82)43-81(58)71(86)68(73(2,3)4)76-64(83)45-95-35-34-94-33-32-93-31-30-79-42-54(77-78-79)44-96-56-19-15-18-52(37-56)59(27-23-48-24-28-60(88-5)61(36-48)89-6)97-72(87)57-20-13-14-29-80(57)70(85)65(50-16-11-10-12-17-50)53-38-62(90-7)66(92-9)63(39-53)91-8/h15,18-19,21-22,24-26,28,36-39,42,46,50,55,57-59,65,68,82H,10-14,16-17,20,23,27,29-35,40-41,43-45H2,1-9H3,(H,74,84)(H,76,83)/t55-,57-,58+,59+,65+,68-/m1/s1. The highest BCUT2D eigenvalue weighted by Crippen LogP contribution is 2.46. The molecule has 98 heavy (non-hydrogen) atoms. The van der Waals surface area contributed by atoms with Crippen molar-refractivity contribution in [2.45, 2.75) is 154 Å². The van der Waals surface area contributed by atoms with E-state index >= 15 is 4.79 Å². The van der Waals surface area contributed by atoms with Gasteiger partial charge in [0.05, 0.1) is 109 Å². The number of aryl methyl sites for hydroxylation is 2. The third-order valence-corrected chi connectivity index (χ3v) is 19.2. The summed E-state index contributed by atoms with van der Waals surface area (Å²) < 4.78 is 60.0. The number of carbonyl (C=O) groups is 5. The molecule has 0 spiro atoms. The maximum absolute atomic E-state index is 15.3. The lowest BCUT2D eigenvalue weighted by Gasteiger charge is -2.40. The van der Waals surface area contributed by atoms with E-state index in [2.05, 4.69) is 25.9 Å². The topological polar surface area (TPSA) is 272 Å². The highest BCUT2D eigenvalue weighted by atomic mass is 32.1. The predicted molar refractivity (Wildman–Crippen MR) is 366 cm³/mol. The number of ether oxygens (including phenoxy) is 10. The fraction of sp³-hybridized carbons (Fsp3) is 0.534. The molecule has 2 saturated heterocycles. The molecular formula is C73H96N8O16S. The van der Waals surface area contributed by atoms with E-state index in [0.717, 1.165) is 83.3 Å². The van der Waals surface area contributed by atoms with Crippen LogP contribution < -0.4 is 39.1 Å². The number of rotatable bonds is 34. The summed E-state index contributed by atoms with van der Waals surface area (Å²) in [5.41, 5.74) is 6.97. The number of nitrogens with zero attached hydrogens (tertiary/aromatic N) is 6. The van der Waals surface area contributed by atoms with E-state index in [1.807, 2.05) is 112 Å². The van der Waals surface area contributed by atoms with Gasteiger partial charge in [0.1, 0.15) is 48.9 Å². The number of carbonyl (C=O) groups excluding carboxylic acids is 5. The minimum atomic E-state index is -0.998. The van der Waals surface area contributed by atoms with Gasteiger partial charge in [-0.2, -0.15) is 0 Å². The van der Waals surface area contributed by atoms with Gasteiger partial charge >= 0.3 is 5.97 Å². The van der Waals surface area contributed by atoms with Gasteiger partial charge in [0, 0.05) is 26.1 Å². The smallest absolute Gasteiger partial charge is 0.329 e. The number of aliphatic hydroxyl groups is 1. The van der Waals surface area contributed by atoms with Gasteiger partial charge < -0.3 is 72.9 Å². The molecule has 4 heterocycles. The largest absolute Gasteiger partial charge is 0.493 e. The summed E-state index contributed by atoms with van der Waals surface area (Å²) in [6, 6.07) is 22.1. The van der Waals surface area contributed by atoms with Crippen LogP contribution in [0.25, 0.3) is 10.4 Å². The average Bonchev–Trinajstić information content (AvgIpc) is 0.815. The van der Waals surface area contributed by atoms with Gasteiger partial charge in [-0.05, 0) is 127 Å². The molecule has 9 rings (SSSR count). The van der Waals surface area contributed by atoms with Crippen molar-refractivity contribution in [2.24, 2.45) is 11.3 Å². The number of aromatic nitrogens is 4. The van der Waals surface area contributed by atoms with Crippen molar-refractivity contribution in [3.63, 3.8) is 0 Å². The molecule has 24 nitrogen and oxygen atoms in total. The van der Waals surface area contributed by atoms with Crippen LogP contribution >= 0.6 is 11.3 Å². The molecule has 4 amide bonds. The van der Waals surface area contributed by atoms with Crippen molar-refractivity contribution in [1.29, 1.82) is 0 Å². The second-order valence-electron chi connectivity index (χ2n) is 26.1. The summed E-state index contributed by atoms with van der Waals surface area (Å²) in [6.07, 6.45) is 8.07. The van der Waals surface area contributed by atoms with E-state index in [1.54, 1.807) is 62.7 Å². The molecule has 3 fully saturated rings. The first-order valence-corrected chi connectivity index (χ1v) is 34.7. The van der Waals surface area contributed by atoms with Crippen LogP contribution in [0.2, 0.25) is 0 Å².